The Bertz CT molecular complexity index is 508. The first-order valence-corrected chi connectivity index (χ1v) is 7.62. The van der Waals surface area contributed by atoms with Crippen LogP contribution in [0, 0.1) is 0 Å². The Balaban J connectivity index is 0.00000264. The Labute approximate surface area is 140 Å². The molecule has 0 unspecified atom stereocenters. The van der Waals surface area contributed by atoms with Gasteiger partial charge in [0, 0.05) is 32.6 Å². The minimum atomic E-state index is -4.33. The average Bonchev–Trinajstić information content (AvgIpc) is 2.68. The number of nitrogens with zero attached hydrogens (tertiary/aromatic N) is 1. The predicted octanol–water partition coefficient (Wildman–Crippen LogP) is 3.62. The van der Waals surface area contributed by atoms with Crippen molar-refractivity contribution in [3.63, 3.8) is 0 Å². The van der Waals surface area contributed by atoms with E-state index < -0.39 is 11.7 Å². The maximum Gasteiger partial charge on any atom is 0.416 e. The third-order valence-corrected chi connectivity index (χ3v) is 3.87. The minimum Gasteiger partial charge on any atom is -0.341 e. The number of nitrogens with one attached hydrogen (secondary N) is 1. The van der Waals surface area contributed by atoms with Crippen LogP contribution < -0.4 is 5.32 Å². The maximum atomic E-state index is 12.9. The van der Waals surface area contributed by atoms with Crippen LogP contribution in [0.1, 0.15) is 36.8 Å². The van der Waals surface area contributed by atoms with Crippen molar-refractivity contribution in [1.29, 1.82) is 0 Å². The zero-order valence-corrected chi connectivity index (χ0v) is 13.7. The highest BCUT2D eigenvalue weighted by atomic mass is 35.5. The molecule has 1 aromatic rings. The number of benzene rings is 1. The van der Waals surface area contributed by atoms with Gasteiger partial charge in [0.2, 0.25) is 5.91 Å². The van der Waals surface area contributed by atoms with Gasteiger partial charge in [-0.15, -0.1) is 12.4 Å². The summed E-state index contributed by atoms with van der Waals surface area (Å²) in [5.41, 5.74) is -0.370. The van der Waals surface area contributed by atoms with Gasteiger partial charge in [-0.05, 0) is 24.5 Å². The molecule has 1 saturated heterocycles. The molecule has 1 fully saturated rings. The van der Waals surface area contributed by atoms with Crippen molar-refractivity contribution >= 4 is 18.3 Å². The summed E-state index contributed by atoms with van der Waals surface area (Å²) in [5.74, 6) is 0.148. The van der Waals surface area contributed by atoms with Crippen molar-refractivity contribution < 1.29 is 18.0 Å². The summed E-state index contributed by atoms with van der Waals surface area (Å²) in [6.45, 7) is 1.95. The molecule has 0 saturated carbocycles. The average molecular weight is 351 g/mol. The van der Waals surface area contributed by atoms with E-state index in [0.717, 1.165) is 31.9 Å². The fourth-order valence-corrected chi connectivity index (χ4v) is 2.66. The first-order valence-electron chi connectivity index (χ1n) is 7.62. The summed E-state index contributed by atoms with van der Waals surface area (Å²) in [7, 11) is 0. The summed E-state index contributed by atoms with van der Waals surface area (Å²) < 4.78 is 38.6. The van der Waals surface area contributed by atoms with E-state index in [2.05, 4.69) is 5.32 Å². The Morgan fingerprint density at radius 3 is 2.61 bits per heavy atom. The summed E-state index contributed by atoms with van der Waals surface area (Å²) >= 11 is 0. The summed E-state index contributed by atoms with van der Waals surface area (Å²) in [6, 6.07) is 5.56. The molecule has 1 amide bonds. The van der Waals surface area contributed by atoms with Gasteiger partial charge in [0.15, 0.2) is 0 Å². The van der Waals surface area contributed by atoms with Crippen LogP contribution in [-0.4, -0.2) is 30.4 Å². The SMILES string of the molecule is Cl.O=C1CCCCCN1CCNCc1ccccc1C(F)(F)F. The molecule has 23 heavy (non-hydrogen) atoms. The predicted molar refractivity (Wildman–Crippen MR) is 85.4 cm³/mol. The molecular formula is C16H22ClF3N2O. The van der Waals surface area contributed by atoms with Crippen LogP contribution in [0.2, 0.25) is 0 Å². The Morgan fingerprint density at radius 1 is 1.13 bits per heavy atom. The highest BCUT2D eigenvalue weighted by Gasteiger charge is 2.32. The number of hydrogen-bond donors (Lipinski definition) is 1. The maximum absolute atomic E-state index is 12.9. The summed E-state index contributed by atoms with van der Waals surface area (Å²) in [4.78, 5) is 13.6. The largest absolute Gasteiger partial charge is 0.416 e. The molecule has 130 valence electrons. The molecule has 1 aliphatic heterocycles. The Morgan fingerprint density at radius 2 is 1.87 bits per heavy atom. The highest BCUT2D eigenvalue weighted by molar-refractivity contribution is 5.85. The van der Waals surface area contributed by atoms with Crippen molar-refractivity contribution in [3.05, 3.63) is 35.4 Å². The first kappa shape index (κ1) is 19.8. The Kier molecular flexibility index (Phi) is 7.85. The molecule has 1 heterocycles. The molecule has 0 bridgehead atoms. The van der Waals surface area contributed by atoms with Crippen LogP contribution >= 0.6 is 12.4 Å². The number of carbonyl (C=O) groups excluding carboxylic acids is 1. The molecule has 0 spiro atoms. The van der Waals surface area contributed by atoms with Gasteiger partial charge in [0.1, 0.15) is 0 Å². The zero-order valence-electron chi connectivity index (χ0n) is 12.9. The van der Waals surface area contributed by atoms with Gasteiger partial charge in [-0.3, -0.25) is 4.79 Å². The molecular weight excluding hydrogens is 329 g/mol. The van der Waals surface area contributed by atoms with E-state index in [1.807, 2.05) is 0 Å². The van der Waals surface area contributed by atoms with Crippen molar-refractivity contribution in [2.75, 3.05) is 19.6 Å². The quantitative estimate of drug-likeness (QED) is 0.823. The summed E-state index contributed by atoms with van der Waals surface area (Å²) in [5, 5.41) is 3.01. The van der Waals surface area contributed by atoms with E-state index in [4.69, 9.17) is 0 Å². The van der Waals surface area contributed by atoms with Crippen LogP contribution in [0.15, 0.2) is 24.3 Å². The minimum absolute atomic E-state index is 0. The van der Waals surface area contributed by atoms with Crippen LogP contribution in [0.5, 0.6) is 0 Å². The molecule has 0 radical (unpaired) electrons. The number of carbonyl (C=O) groups is 1. The van der Waals surface area contributed by atoms with Crippen LogP contribution in [0.3, 0.4) is 0 Å². The molecule has 7 heteroatoms. The van der Waals surface area contributed by atoms with E-state index in [1.165, 1.54) is 12.1 Å². The summed E-state index contributed by atoms with van der Waals surface area (Å²) in [6.07, 6.45) is -0.755. The van der Waals surface area contributed by atoms with Gasteiger partial charge >= 0.3 is 6.18 Å². The van der Waals surface area contributed by atoms with Crippen molar-refractivity contribution in [2.24, 2.45) is 0 Å². The smallest absolute Gasteiger partial charge is 0.341 e. The van der Waals surface area contributed by atoms with Crippen LogP contribution in [0.4, 0.5) is 13.2 Å². The third kappa shape index (κ3) is 6.03. The van der Waals surface area contributed by atoms with E-state index in [1.54, 1.807) is 11.0 Å². The molecule has 1 N–H and O–H groups in total. The van der Waals surface area contributed by atoms with E-state index in [9.17, 15) is 18.0 Å². The molecule has 1 aromatic carbocycles. The second-order valence-corrected chi connectivity index (χ2v) is 5.52. The van der Waals surface area contributed by atoms with Gasteiger partial charge in [0.25, 0.3) is 0 Å². The molecule has 0 aromatic heterocycles. The standard InChI is InChI=1S/C16H21F3N2O.ClH/c17-16(18,19)14-7-4-3-6-13(14)12-20-9-11-21-10-5-1-2-8-15(21)22;/h3-4,6-7,20H,1-2,5,8-12H2;1H. The molecule has 0 atom stereocenters. The highest BCUT2D eigenvalue weighted by Crippen LogP contribution is 2.31. The third-order valence-electron chi connectivity index (χ3n) is 3.87. The molecule has 1 aliphatic rings. The first-order chi connectivity index (χ1) is 10.5. The number of alkyl halides is 3. The molecule has 0 aliphatic carbocycles. The normalized spacial score (nSPS) is 16.0. The fraction of sp³-hybridized carbons (Fsp3) is 0.562. The number of likely N-dealkylation sites (tertiary alicyclic amines) is 1. The molecule has 2 rings (SSSR count). The number of amides is 1. The zero-order chi connectivity index (χ0) is 16.0. The van der Waals surface area contributed by atoms with E-state index in [-0.39, 0.29) is 30.4 Å². The lowest BCUT2D eigenvalue weighted by Gasteiger charge is -2.21. The van der Waals surface area contributed by atoms with E-state index in [0.29, 0.717) is 19.5 Å². The lowest BCUT2D eigenvalue weighted by atomic mass is 10.1. The lowest BCUT2D eigenvalue weighted by Crippen LogP contribution is -2.36. The number of hydrogen-bond acceptors (Lipinski definition) is 2. The number of rotatable bonds is 5. The van der Waals surface area contributed by atoms with Gasteiger partial charge in [-0.25, -0.2) is 0 Å². The topological polar surface area (TPSA) is 32.3 Å². The monoisotopic (exact) mass is 350 g/mol. The van der Waals surface area contributed by atoms with Gasteiger partial charge < -0.3 is 10.2 Å². The van der Waals surface area contributed by atoms with Crippen LogP contribution in [-0.2, 0) is 17.5 Å². The Hall–Kier alpha value is -1.27. The van der Waals surface area contributed by atoms with Gasteiger partial charge in [-0.2, -0.15) is 13.2 Å². The second kappa shape index (κ2) is 9.13. The van der Waals surface area contributed by atoms with E-state index >= 15 is 0 Å². The molecule has 3 nitrogen and oxygen atoms in total. The van der Waals surface area contributed by atoms with Gasteiger partial charge in [0.05, 0.1) is 5.56 Å². The second-order valence-electron chi connectivity index (χ2n) is 5.52. The van der Waals surface area contributed by atoms with Gasteiger partial charge in [-0.1, -0.05) is 24.6 Å². The van der Waals surface area contributed by atoms with Crippen molar-refractivity contribution in [2.45, 2.75) is 38.4 Å². The van der Waals surface area contributed by atoms with Crippen LogP contribution in [0.25, 0.3) is 0 Å². The number of halogens is 4. The van der Waals surface area contributed by atoms with Crippen molar-refractivity contribution in [1.82, 2.24) is 10.2 Å². The fourth-order valence-electron chi connectivity index (χ4n) is 2.66. The lowest BCUT2D eigenvalue weighted by molar-refractivity contribution is -0.138. The van der Waals surface area contributed by atoms with Crippen molar-refractivity contribution in [3.8, 4) is 0 Å².